The minimum Gasteiger partial charge on any atom is -0.490 e. The number of carbonyl (C=O) groups excluding carboxylic acids is 2. The van der Waals surface area contributed by atoms with E-state index in [2.05, 4.69) is 18.6 Å². The van der Waals surface area contributed by atoms with E-state index in [4.69, 9.17) is 9.47 Å². The van der Waals surface area contributed by atoms with Crippen LogP contribution in [0.5, 0.6) is 11.5 Å². The van der Waals surface area contributed by atoms with Crippen LogP contribution in [0.4, 0.5) is 0 Å². The van der Waals surface area contributed by atoms with Gasteiger partial charge in [0.2, 0.25) is 0 Å². The predicted octanol–water partition coefficient (Wildman–Crippen LogP) is 5.69. The van der Waals surface area contributed by atoms with E-state index in [-0.39, 0.29) is 6.10 Å². The van der Waals surface area contributed by atoms with Crippen molar-refractivity contribution in [1.29, 1.82) is 0 Å². The predicted molar refractivity (Wildman–Crippen MR) is 120 cm³/mol. The molecule has 3 unspecified atom stereocenters. The minimum atomic E-state index is -0.429. The summed E-state index contributed by atoms with van der Waals surface area (Å²) in [5, 5.41) is 0. The highest BCUT2D eigenvalue weighted by molar-refractivity contribution is 5.91. The molecule has 0 aliphatic heterocycles. The van der Waals surface area contributed by atoms with Crippen LogP contribution in [0.25, 0.3) is 6.08 Å². The van der Waals surface area contributed by atoms with Crippen LogP contribution in [0.3, 0.4) is 0 Å². The molecule has 0 aromatic heterocycles. The summed E-state index contributed by atoms with van der Waals surface area (Å²) < 4.78 is 16.2. The highest BCUT2D eigenvalue weighted by Gasteiger charge is 2.23. The lowest BCUT2D eigenvalue weighted by molar-refractivity contribution is -0.134. The molecule has 1 aliphatic carbocycles. The van der Waals surface area contributed by atoms with Gasteiger partial charge in [-0.2, -0.15) is 0 Å². The molecule has 5 nitrogen and oxygen atoms in total. The number of carbonyl (C=O) groups is 2. The van der Waals surface area contributed by atoms with E-state index in [0.29, 0.717) is 17.2 Å². The maximum absolute atomic E-state index is 12.4. The minimum absolute atomic E-state index is 0.226. The molecular weight excluding hydrogens is 392 g/mol. The molecule has 164 valence electrons. The Morgan fingerprint density at radius 2 is 1.58 bits per heavy atom. The summed E-state index contributed by atoms with van der Waals surface area (Å²) in [5.41, 5.74) is 1.26. The molecule has 1 saturated carbocycles. The van der Waals surface area contributed by atoms with Crippen molar-refractivity contribution in [3.05, 3.63) is 65.7 Å². The molecule has 0 amide bonds. The Kier molecular flexibility index (Phi) is 7.88. The molecule has 0 radical (unpaired) electrons. The highest BCUT2D eigenvalue weighted by Crippen LogP contribution is 2.30. The summed E-state index contributed by atoms with van der Waals surface area (Å²) in [4.78, 5) is 23.6. The van der Waals surface area contributed by atoms with Crippen LogP contribution < -0.4 is 9.47 Å². The van der Waals surface area contributed by atoms with Gasteiger partial charge in [0.1, 0.15) is 11.5 Å². The monoisotopic (exact) mass is 422 g/mol. The Morgan fingerprint density at radius 3 is 2.26 bits per heavy atom. The largest absolute Gasteiger partial charge is 0.490 e. The van der Waals surface area contributed by atoms with E-state index < -0.39 is 11.9 Å². The fraction of sp³-hybridized carbons (Fsp3) is 0.385. The zero-order chi connectivity index (χ0) is 22.2. The van der Waals surface area contributed by atoms with Gasteiger partial charge in [0.25, 0.3) is 0 Å². The smallest absolute Gasteiger partial charge is 0.343 e. The van der Waals surface area contributed by atoms with Crippen molar-refractivity contribution in [1.82, 2.24) is 0 Å². The quantitative estimate of drug-likeness (QED) is 0.259. The second-order valence-electron chi connectivity index (χ2n) is 8.20. The van der Waals surface area contributed by atoms with E-state index in [1.807, 2.05) is 12.1 Å². The Morgan fingerprint density at radius 1 is 0.903 bits per heavy atom. The first-order chi connectivity index (χ1) is 14.9. The summed E-state index contributed by atoms with van der Waals surface area (Å²) in [5.74, 6) is 1.76. The van der Waals surface area contributed by atoms with Gasteiger partial charge in [-0.15, -0.1) is 0 Å². The maximum Gasteiger partial charge on any atom is 0.343 e. The molecule has 3 atom stereocenters. The lowest BCUT2D eigenvalue weighted by atomic mass is 9.91. The number of rotatable bonds is 6. The van der Waals surface area contributed by atoms with Crippen molar-refractivity contribution >= 4 is 18.0 Å². The Labute approximate surface area is 184 Å². The van der Waals surface area contributed by atoms with Crippen LogP contribution in [0, 0.1) is 11.8 Å². The third-order valence-electron chi connectivity index (χ3n) is 5.89. The Bertz CT molecular complexity index is 898. The average molecular weight is 423 g/mol. The van der Waals surface area contributed by atoms with E-state index in [1.165, 1.54) is 26.0 Å². The third kappa shape index (κ3) is 6.71. The van der Waals surface area contributed by atoms with Crippen LogP contribution in [-0.2, 0) is 9.53 Å². The second-order valence-corrected chi connectivity index (χ2v) is 8.20. The Balaban J connectivity index is 1.55. The number of hydrogen-bond donors (Lipinski definition) is 0. The summed E-state index contributed by atoms with van der Waals surface area (Å²) >= 11 is 0. The molecule has 2 aromatic rings. The van der Waals surface area contributed by atoms with Crippen molar-refractivity contribution in [3.8, 4) is 11.5 Å². The molecule has 1 fully saturated rings. The van der Waals surface area contributed by atoms with Crippen molar-refractivity contribution in [2.45, 2.75) is 45.6 Å². The molecule has 0 N–H and O–H groups in total. The van der Waals surface area contributed by atoms with Gasteiger partial charge in [-0.3, -0.25) is 0 Å². The molecular formula is C26H30O5. The van der Waals surface area contributed by atoms with Gasteiger partial charge < -0.3 is 14.2 Å². The number of esters is 2. The Hall–Kier alpha value is -3.08. The van der Waals surface area contributed by atoms with E-state index in [1.54, 1.807) is 42.5 Å². The van der Waals surface area contributed by atoms with Crippen LogP contribution in [0.2, 0.25) is 0 Å². The van der Waals surface area contributed by atoms with Crippen molar-refractivity contribution in [2.24, 2.45) is 11.8 Å². The lowest BCUT2D eigenvalue weighted by Gasteiger charge is -2.21. The number of methoxy groups -OCH3 is 1. The molecule has 1 aliphatic rings. The highest BCUT2D eigenvalue weighted by atomic mass is 16.5. The van der Waals surface area contributed by atoms with E-state index >= 15 is 0 Å². The van der Waals surface area contributed by atoms with E-state index in [9.17, 15) is 9.59 Å². The number of ether oxygens (including phenoxy) is 3. The van der Waals surface area contributed by atoms with Gasteiger partial charge in [0.05, 0.1) is 18.8 Å². The third-order valence-corrected chi connectivity index (χ3v) is 5.89. The second kappa shape index (κ2) is 10.8. The first-order valence-corrected chi connectivity index (χ1v) is 10.8. The molecule has 0 saturated heterocycles. The van der Waals surface area contributed by atoms with E-state index in [0.717, 1.165) is 30.1 Å². The zero-order valence-corrected chi connectivity index (χ0v) is 18.4. The van der Waals surface area contributed by atoms with Gasteiger partial charge in [-0.1, -0.05) is 32.4 Å². The fourth-order valence-corrected chi connectivity index (χ4v) is 3.73. The number of hydrogen-bond acceptors (Lipinski definition) is 5. The van der Waals surface area contributed by atoms with Gasteiger partial charge in [-0.05, 0) is 79.1 Å². The van der Waals surface area contributed by atoms with Gasteiger partial charge in [0.15, 0.2) is 0 Å². The first-order valence-electron chi connectivity index (χ1n) is 10.8. The van der Waals surface area contributed by atoms with Crippen LogP contribution in [0.15, 0.2) is 54.6 Å². The molecule has 0 bridgehead atoms. The maximum atomic E-state index is 12.4. The lowest BCUT2D eigenvalue weighted by Crippen LogP contribution is -2.19. The summed E-state index contributed by atoms with van der Waals surface area (Å²) in [6, 6.07) is 14.0. The topological polar surface area (TPSA) is 61.8 Å². The summed E-state index contributed by atoms with van der Waals surface area (Å²) in [7, 11) is 1.33. The van der Waals surface area contributed by atoms with Crippen LogP contribution in [-0.4, -0.2) is 25.2 Å². The summed E-state index contributed by atoms with van der Waals surface area (Å²) in [6.45, 7) is 4.62. The number of benzene rings is 2. The van der Waals surface area contributed by atoms with Crippen LogP contribution in [0.1, 0.15) is 55.5 Å². The normalized spacial score (nSPS) is 21.3. The molecule has 5 heteroatoms. The molecule has 31 heavy (non-hydrogen) atoms. The van der Waals surface area contributed by atoms with Gasteiger partial charge in [-0.25, -0.2) is 9.59 Å². The van der Waals surface area contributed by atoms with Crippen molar-refractivity contribution in [3.63, 3.8) is 0 Å². The van der Waals surface area contributed by atoms with Crippen LogP contribution >= 0.6 is 0 Å². The zero-order valence-electron chi connectivity index (χ0n) is 18.4. The van der Waals surface area contributed by atoms with Crippen molar-refractivity contribution < 1.29 is 23.8 Å². The van der Waals surface area contributed by atoms with Gasteiger partial charge in [0, 0.05) is 6.08 Å². The SMILES string of the molecule is COC(=O)/C=C/c1ccc(OC(=O)c2ccc(OC3CCCC(C)C(C)C3)cc2)cc1. The first kappa shape index (κ1) is 22.6. The molecule has 0 spiro atoms. The van der Waals surface area contributed by atoms with Gasteiger partial charge >= 0.3 is 11.9 Å². The molecule has 0 heterocycles. The average Bonchev–Trinajstić information content (AvgIpc) is 2.93. The van der Waals surface area contributed by atoms with Crippen molar-refractivity contribution in [2.75, 3.05) is 7.11 Å². The standard InChI is InChI=1S/C26H30O5/c1-18-5-4-6-24(17-19(18)2)30-22-14-10-21(11-15-22)26(28)31-23-12-7-20(8-13-23)9-16-25(27)29-3/h7-16,18-19,24H,4-6,17H2,1-3H3/b16-9+. The molecule has 2 aromatic carbocycles. The molecule has 3 rings (SSSR count). The fourth-order valence-electron chi connectivity index (χ4n) is 3.73. The summed E-state index contributed by atoms with van der Waals surface area (Å²) in [6.07, 6.45) is 7.78.